The van der Waals surface area contributed by atoms with Gasteiger partial charge in [0.15, 0.2) is 11.5 Å². The molecule has 0 aliphatic carbocycles. The second-order valence-electron chi connectivity index (χ2n) is 4.87. The Morgan fingerprint density at radius 2 is 2.11 bits per heavy atom. The first-order valence-corrected chi connectivity index (χ1v) is 6.17. The summed E-state index contributed by atoms with van der Waals surface area (Å²) in [6.45, 7) is 7.85. The lowest BCUT2D eigenvalue weighted by Crippen LogP contribution is -2.13. The van der Waals surface area contributed by atoms with Gasteiger partial charge in [-0.25, -0.2) is 0 Å². The molecule has 0 atom stereocenters. The Morgan fingerprint density at radius 3 is 2.63 bits per heavy atom. The van der Waals surface area contributed by atoms with E-state index < -0.39 is 0 Å². The van der Waals surface area contributed by atoms with E-state index in [1.165, 1.54) is 11.0 Å². The SMILES string of the molecule is CC(C)c1cc(C(=O)Nc2cnn(C(C)C)n2)no1. The van der Waals surface area contributed by atoms with Crippen LogP contribution in [0.5, 0.6) is 0 Å². The molecule has 0 aliphatic heterocycles. The highest BCUT2D eigenvalue weighted by Gasteiger charge is 2.15. The fourth-order valence-electron chi connectivity index (χ4n) is 1.43. The normalized spacial score (nSPS) is 11.3. The average molecular weight is 263 g/mol. The van der Waals surface area contributed by atoms with Gasteiger partial charge in [-0.1, -0.05) is 19.0 Å². The summed E-state index contributed by atoms with van der Waals surface area (Å²) in [5.74, 6) is 0.908. The van der Waals surface area contributed by atoms with Crippen molar-refractivity contribution in [2.45, 2.75) is 39.7 Å². The van der Waals surface area contributed by atoms with Crippen LogP contribution in [0.15, 0.2) is 16.8 Å². The zero-order valence-corrected chi connectivity index (χ0v) is 11.4. The molecule has 0 fully saturated rings. The van der Waals surface area contributed by atoms with Crippen molar-refractivity contribution in [2.24, 2.45) is 0 Å². The molecule has 2 aromatic heterocycles. The number of amides is 1. The van der Waals surface area contributed by atoms with Crippen molar-refractivity contribution < 1.29 is 9.32 Å². The number of aromatic nitrogens is 4. The molecule has 1 N–H and O–H groups in total. The van der Waals surface area contributed by atoms with Gasteiger partial charge in [0.1, 0.15) is 5.76 Å². The van der Waals surface area contributed by atoms with Crippen LogP contribution in [0.2, 0.25) is 0 Å². The second-order valence-corrected chi connectivity index (χ2v) is 4.87. The minimum Gasteiger partial charge on any atom is -0.360 e. The van der Waals surface area contributed by atoms with Gasteiger partial charge in [0.25, 0.3) is 5.91 Å². The van der Waals surface area contributed by atoms with Gasteiger partial charge in [0, 0.05) is 12.0 Å². The van der Waals surface area contributed by atoms with Crippen LogP contribution in [0.3, 0.4) is 0 Å². The highest BCUT2D eigenvalue weighted by atomic mass is 16.5. The molecular weight excluding hydrogens is 246 g/mol. The minimum absolute atomic E-state index is 0.144. The predicted molar refractivity (Wildman–Crippen MR) is 69.0 cm³/mol. The summed E-state index contributed by atoms with van der Waals surface area (Å²) in [6, 6.07) is 1.78. The highest BCUT2D eigenvalue weighted by Crippen LogP contribution is 2.15. The van der Waals surface area contributed by atoms with Crippen LogP contribution in [0.25, 0.3) is 0 Å². The van der Waals surface area contributed by atoms with Crippen molar-refractivity contribution in [3.8, 4) is 0 Å². The molecule has 0 aliphatic rings. The number of carbonyl (C=O) groups excluding carboxylic acids is 1. The molecule has 2 heterocycles. The van der Waals surface area contributed by atoms with Crippen molar-refractivity contribution in [1.29, 1.82) is 0 Å². The van der Waals surface area contributed by atoms with E-state index in [4.69, 9.17) is 4.52 Å². The van der Waals surface area contributed by atoms with E-state index in [2.05, 4.69) is 20.7 Å². The van der Waals surface area contributed by atoms with E-state index in [0.717, 1.165) is 0 Å². The first kappa shape index (κ1) is 13.3. The Labute approximate surface area is 111 Å². The van der Waals surface area contributed by atoms with Gasteiger partial charge in [0.2, 0.25) is 0 Å². The molecule has 0 radical (unpaired) electrons. The molecule has 0 spiro atoms. The molecule has 2 rings (SSSR count). The van der Waals surface area contributed by atoms with Gasteiger partial charge < -0.3 is 9.84 Å². The summed E-state index contributed by atoms with van der Waals surface area (Å²) in [5.41, 5.74) is 0.239. The molecular formula is C12H17N5O2. The van der Waals surface area contributed by atoms with Gasteiger partial charge >= 0.3 is 0 Å². The lowest BCUT2D eigenvalue weighted by atomic mass is 10.1. The summed E-state index contributed by atoms with van der Waals surface area (Å²) in [4.78, 5) is 13.4. The summed E-state index contributed by atoms with van der Waals surface area (Å²) in [7, 11) is 0. The Kier molecular flexibility index (Phi) is 3.64. The fraction of sp³-hybridized carbons (Fsp3) is 0.500. The van der Waals surface area contributed by atoms with Crippen LogP contribution < -0.4 is 5.32 Å². The van der Waals surface area contributed by atoms with Crippen molar-refractivity contribution in [3.63, 3.8) is 0 Å². The van der Waals surface area contributed by atoms with Crippen LogP contribution in [0, 0.1) is 0 Å². The molecule has 0 saturated carbocycles. The lowest BCUT2D eigenvalue weighted by molar-refractivity contribution is 0.101. The zero-order valence-electron chi connectivity index (χ0n) is 11.4. The Bertz CT molecular complexity index is 570. The smallest absolute Gasteiger partial charge is 0.279 e. The first-order chi connectivity index (χ1) is 8.97. The zero-order chi connectivity index (χ0) is 14.0. The third kappa shape index (κ3) is 2.98. The molecule has 0 bridgehead atoms. The largest absolute Gasteiger partial charge is 0.360 e. The number of carbonyl (C=O) groups is 1. The van der Waals surface area contributed by atoms with Gasteiger partial charge in [-0.15, -0.1) is 5.10 Å². The van der Waals surface area contributed by atoms with E-state index in [-0.39, 0.29) is 23.6 Å². The maximum atomic E-state index is 11.9. The molecule has 19 heavy (non-hydrogen) atoms. The monoisotopic (exact) mass is 263 g/mol. The van der Waals surface area contributed by atoms with Crippen LogP contribution in [-0.2, 0) is 0 Å². The molecule has 102 valence electrons. The van der Waals surface area contributed by atoms with Gasteiger partial charge in [-0.2, -0.15) is 9.90 Å². The Morgan fingerprint density at radius 1 is 1.37 bits per heavy atom. The molecule has 0 saturated heterocycles. The highest BCUT2D eigenvalue weighted by molar-refractivity contribution is 6.02. The van der Waals surface area contributed by atoms with E-state index >= 15 is 0 Å². The van der Waals surface area contributed by atoms with Crippen molar-refractivity contribution in [3.05, 3.63) is 23.7 Å². The van der Waals surface area contributed by atoms with E-state index in [1.807, 2.05) is 27.7 Å². The molecule has 1 amide bonds. The quantitative estimate of drug-likeness (QED) is 0.914. The topological polar surface area (TPSA) is 85.8 Å². The van der Waals surface area contributed by atoms with Crippen molar-refractivity contribution in [1.82, 2.24) is 20.2 Å². The third-order valence-electron chi connectivity index (χ3n) is 2.54. The van der Waals surface area contributed by atoms with E-state index in [0.29, 0.717) is 11.6 Å². The number of rotatable bonds is 4. The molecule has 0 unspecified atom stereocenters. The van der Waals surface area contributed by atoms with E-state index in [9.17, 15) is 4.79 Å². The van der Waals surface area contributed by atoms with Gasteiger partial charge in [-0.05, 0) is 13.8 Å². The van der Waals surface area contributed by atoms with Crippen LogP contribution in [-0.4, -0.2) is 26.1 Å². The standard InChI is InChI=1S/C12H17N5O2/c1-7(2)10-5-9(16-19-10)12(18)14-11-6-13-17(15-11)8(3)4/h5-8H,1-4H3,(H,14,15,18). The summed E-state index contributed by atoms with van der Waals surface area (Å²) < 4.78 is 5.08. The van der Waals surface area contributed by atoms with E-state index in [1.54, 1.807) is 6.07 Å². The lowest BCUT2D eigenvalue weighted by Gasteiger charge is -2.01. The molecule has 7 heteroatoms. The maximum absolute atomic E-state index is 11.9. The van der Waals surface area contributed by atoms with Gasteiger partial charge in [-0.3, -0.25) is 4.79 Å². The summed E-state index contributed by atoms with van der Waals surface area (Å²) >= 11 is 0. The Hall–Kier alpha value is -2.18. The van der Waals surface area contributed by atoms with Crippen LogP contribution >= 0.6 is 0 Å². The summed E-state index contributed by atoms with van der Waals surface area (Å²) in [6.07, 6.45) is 1.50. The third-order valence-corrected chi connectivity index (χ3v) is 2.54. The number of nitrogens with one attached hydrogen (secondary N) is 1. The fourth-order valence-corrected chi connectivity index (χ4v) is 1.43. The number of nitrogens with zero attached hydrogens (tertiary/aromatic N) is 4. The summed E-state index contributed by atoms with van der Waals surface area (Å²) in [5, 5.41) is 14.5. The second kappa shape index (κ2) is 5.21. The average Bonchev–Trinajstić information content (AvgIpc) is 2.96. The predicted octanol–water partition coefficient (Wildman–Crippen LogP) is 2.22. The van der Waals surface area contributed by atoms with Crippen LogP contribution in [0.4, 0.5) is 5.82 Å². The van der Waals surface area contributed by atoms with Crippen molar-refractivity contribution >= 4 is 11.7 Å². The maximum Gasteiger partial charge on any atom is 0.279 e. The Balaban J connectivity index is 2.07. The number of hydrogen-bond acceptors (Lipinski definition) is 5. The number of hydrogen-bond donors (Lipinski definition) is 1. The van der Waals surface area contributed by atoms with Crippen molar-refractivity contribution in [2.75, 3.05) is 5.32 Å². The molecule has 2 aromatic rings. The van der Waals surface area contributed by atoms with Crippen LogP contribution in [0.1, 0.15) is 55.9 Å². The molecule has 7 nitrogen and oxygen atoms in total. The molecule has 0 aromatic carbocycles. The minimum atomic E-state index is -0.355. The first-order valence-electron chi connectivity index (χ1n) is 6.17. The van der Waals surface area contributed by atoms with Gasteiger partial charge in [0.05, 0.1) is 12.2 Å². The number of anilines is 1.